The third-order valence-corrected chi connectivity index (χ3v) is 2.07. The number of nitrogen functional groups attached to an aromatic ring is 1. The lowest BCUT2D eigenvalue weighted by Crippen LogP contribution is -2.14. The zero-order valence-electron chi connectivity index (χ0n) is 8.00. The van der Waals surface area contributed by atoms with E-state index in [4.69, 9.17) is 11.0 Å². The summed E-state index contributed by atoms with van der Waals surface area (Å²) in [4.78, 5) is 0. The third-order valence-electron chi connectivity index (χ3n) is 2.07. The average Bonchev–Trinajstić information content (AvgIpc) is 2.11. The van der Waals surface area contributed by atoms with Gasteiger partial charge in [0, 0.05) is 11.6 Å². The number of nitriles is 1. The van der Waals surface area contributed by atoms with E-state index in [1.807, 2.05) is 6.07 Å². The van der Waals surface area contributed by atoms with Gasteiger partial charge >= 0.3 is 0 Å². The monoisotopic (exact) mass is 194 g/mol. The summed E-state index contributed by atoms with van der Waals surface area (Å²) in [7, 11) is 0. The van der Waals surface area contributed by atoms with Gasteiger partial charge < -0.3 is 10.8 Å². The van der Waals surface area contributed by atoms with E-state index >= 15 is 0 Å². The van der Waals surface area contributed by atoms with Gasteiger partial charge in [0.25, 0.3) is 0 Å². The third kappa shape index (κ3) is 1.62. The Bertz CT molecular complexity index is 407. The van der Waals surface area contributed by atoms with Crippen molar-refractivity contribution in [3.05, 3.63) is 23.5 Å². The van der Waals surface area contributed by atoms with Crippen LogP contribution in [0, 0.1) is 17.1 Å². The smallest absolute Gasteiger partial charge is 0.149 e. The van der Waals surface area contributed by atoms with Crippen molar-refractivity contribution in [1.82, 2.24) is 0 Å². The molecule has 0 saturated heterocycles. The topological polar surface area (TPSA) is 70.0 Å². The Morgan fingerprint density at radius 3 is 2.57 bits per heavy atom. The maximum atomic E-state index is 12.9. The summed E-state index contributed by atoms with van der Waals surface area (Å²) in [5.41, 5.74) is 4.73. The number of aromatic hydroxyl groups is 1. The molecule has 0 aliphatic heterocycles. The van der Waals surface area contributed by atoms with Gasteiger partial charge in [-0.3, -0.25) is 0 Å². The minimum atomic E-state index is -0.883. The number of nitrogens with two attached hydrogens (primary N) is 1. The normalized spacial score (nSPS) is 11.0. The first-order chi connectivity index (χ1) is 6.38. The van der Waals surface area contributed by atoms with Gasteiger partial charge in [-0.2, -0.15) is 5.26 Å². The number of rotatable bonds is 1. The summed E-state index contributed by atoms with van der Waals surface area (Å²) >= 11 is 0. The molecule has 0 heterocycles. The van der Waals surface area contributed by atoms with Crippen LogP contribution >= 0.6 is 0 Å². The standard InChI is InChI=1S/C10H11FN2O/c1-10(2,5-12)6-3-8(13)7(11)4-9(6)14/h3-4,14H,13H2,1-2H3. The van der Waals surface area contributed by atoms with E-state index in [2.05, 4.69) is 0 Å². The first kappa shape index (κ1) is 10.3. The van der Waals surface area contributed by atoms with Crippen LogP contribution in [0.4, 0.5) is 10.1 Å². The Kier molecular flexibility index (Phi) is 2.35. The van der Waals surface area contributed by atoms with E-state index in [-0.39, 0.29) is 11.4 Å². The Morgan fingerprint density at radius 2 is 2.07 bits per heavy atom. The average molecular weight is 194 g/mol. The molecule has 1 aromatic carbocycles. The van der Waals surface area contributed by atoms with Crippen molar-refractivity contribution in [1.29, 1.82) is 5.26 Å². The van der Waals surface area contributed by atoms with Gasteiger partial charge in [-0.15, -0.1) is 0 Å². The number of hydrogen-bond donors (Lipinski definition) is 2. The fourth-order valence-electron chi connectivity index (χ4n) is 1.14. The Balaban J connectivity index is 3.38. The van der Waals surface area contributed by atoms with Crippen LogP contribution in [-0.2, 0) is 5.41 Å². The van der Waals surface area contributed by atoms with E-state index in [0.717, 1.165) is 6.07 Å². The fraction of sp³-hybridized carbons (Fsp3) is 0.300. The largest absolute Gasteiger partial charge is 0.508 e. The van der Waals surface area contributed by atoms with Crippen molar-refractivity contribution >= 4 is 5.69 Å². The number of benzene rings is 1. The van der Waals surface area contributed by atoms with Gasteiger partial charge in [0.2, 0.25) is 0 Å². The van der Waals surface area contributed by atoms with E-state index in [0.29, 0.717) is 5.56 Å². The molecule has 0 bridgehead atoms. The number of phenols is 1. The maximum absolute atomic E-state index is 12.9. The molecule has 0 amide bonds. The molecule has 0 atom stereocenters. The zero-order valence-corrected chi connectivity index (χ0v) is 8.00. The Hall–Kier alpha value is -1.76. The van der Waals surface area contributed by atoms with Crippen molar-refractivity contribution in [3.63, 3.8) is 0 Å². The highest BCUT2D eigenvalue weighted by Crippen LogP contribution is 2.33. The molecular weight excluding hydrogens is 183 g/mol. The van der Waals surface area contributed by atoms with E-state index in [9.17, 15) is 9.50 Å². The highest BCUT2D eigenvalue weighted by atomic mass is 19.1. The summed E-state index contributed by atoms with van der Waals surface area (Å²) < 4.78 is 12.9. The molecule has 0 fully saturated rings. The molecule has 0 unspecified atom stereocenters. The van der Waals surface area contributed by atoms with Gasteiger partial charge in [0.1, 0.15) is 11.6 Å². The molecule has 0 saturated carbocycles. The number of halogens is 1. The van der Waals surface area contributed by atoms with Gasteiger partial charge in [-0.1, -0.05) is 0 Å². The minimum Gasteiger partial charge on any atom is -0.508 e. The molecule has 0 aromatic heterocycles. The molecule has 0 spiro atoms. The van der Waals surface area contributed by atoms with Gasteiger partial charge in [-0.05, 0) is 19.9 Å². The lowest BCUT2D eigenvalue weighted by molar-refractivity contribution is 0.451. The van der Waals surface area contributed by atoms with Crippen molar-refractivity contribution in [3.8, 4) is 11.8 Å². The van der Waals surface area contributed by atoms with Crippen molar-refractivity contribution in [2.24, 2.45) is 0 Å². The molecule has 74 valence electrons. The zero-order chi connectivity index (χ0) is 10.9. The van der Waals surface area contributed by atoms with Gasteiger partial charge in [-0.25, -0.2) is 4.39 Å². The van der Waals surface area contributed by atoms with Crippen LogP contribution in [0.15, 0.2) is 12.1 Å². The number of phenolic OH excluding ortho intramolecular Hbond substituents is 1. The number of hydrogen-bond acceptors (Lipinski definition) is 3. The maximum Gasteiger partial charge on any atom is 0.149 e. The number of anilines is 1. The van der Waals surface area contributed by atoms with E-state index in [1.54, 1.807) is 13.8 Å². The summed E-state index contributed by atoms with van der Waals surface area (Å²) in [6.07, 6.45) is 0. The molecule has 4 heteroatoms. The van der Waals surface area contributed by atoms with Crippen molar-refractivity contribution in [2.75, 3.05) is 5.73 Å². The Morgan fingerprint density at radius 1 is 1.50 bits per heavy atom. The first-order valence-electron chi connectivity index (χ1n) is 4.08. The lowest BCUT2D eigenvalue weighted by atomic mass is 9.85. The van der Waals surface area contributed by atoms with Crippen LogP contribution in [0.25, 0.3) is 0 Å². The van der Waals surface area contributed by atoms with Crippen LogP contribution in [0.3, 0.4) is 0 Å². The van der Waals surface area contributed by atoms with Gasteiger partial charge in [0.15, 0.2) is 0 Å². The summed E-state index contributed by atoms with van der Waals surface area (Å²) in [5, 5.41) is 18.3. The number of nitrogens with zero attached hydrogens (tertiary/aromatic N) is 1. The molecule has 1 rings (SSSR count). The predicted octanol–water partition coefficient (Wildman–Crippen LogP) is 1.91. The molecular formula is C10H11FN2O. The molecule has 3 nitrogen and oxygen atoms in total. The fourth-order valence-corrected chi connectivity index (χ4v) is 1.14. The molecule has 1 aromatic rings. The van der Waals surface area contributed by atoms with Crippen LogP contribution in [0.2, 0.25) is 0 Å². The van der Waals surface area contributed by atoms with Crippen molar-refractivity contribution in [2.45, 2.75) is 19.3 Å². The second kappa shape index (κ2) is 3.18. The molecule has 0 aliphatic rings. The van der Waals surface area contributed by atoms with Crippen molar-refractivity contribution < 1.29 is 9.50 Å². The van der Waals surface area contributed by atoms with Crippen LogP contribution in [0.1, 0.15) is 19.4 Å². The molecule has 0 aliphatic carbocycles. The highest BCUT2D eigenvalue weighted by Gasteiger charge is 2.24. The summed E-state index contributed by atoms with van der Waals surface area (Å²) in [6, 6.07) is 4.21. The van der Waals surface area contributed by atoms with E-state index < -0.39 is 11.2 Å². The molecule has 14 heavy (non-hydrogen) atoms. The Labute approximate surface area is 81.6 Å². The SMILES string of the molecule is CC(C)(C#N)c1cc(N)c(F)cc1O. The summed E-state index contributed by atoms with van der Waals surface area (Å²) in [5.74, 6) is -0.928. The van der Waals surface area contributed by atoms with Crippen LogP contribution in [0.5, 0.6) is 5.75 Å². The minimum absolute atomic E-state index is 0.0684. The second-order valence-electron chi connectivity index (χ2n) is 3.63. The lowest BCUT2D eigenvalue weighted by Gasteiger charge is -2.17. The van der Waals surface area contributed by atoms with Crippen LogP contribution in [-0.4, -0.2) is 5.11 Å². The summed E-state index contributed by atoms with van der Waals surface area (Å²) in [6.45, 7) is 3.25. The van der Waals surface area contributed by atoms with E-state index in [1.165, 1.54) is 6.07 Å². The molecule has 0 radical (unpaired) electrons. The quantitative estimate of drug-likeness (QED) is 0.530. The predicted molar refractivity (Wildman–Crippen MR) is 51.1 cm³/mol. The van der Waals surface area contributed by atoms with Gasteiger partial charge in [0.05, 0.1) is 17.2 Å². The van der Waals surface area contributed by atoms with Crippen LogP contribution < -0.4 is 5.73 Å². The molecule has 3 N–H and O–H groups in total. The highest BCUT2D eigenvalue weighted by molar-refractivity contribution is 5.52. The first-order valence-corrected chi connectivity index (χ1v) is 4.08. The second-order valence-corrected chi connectivity index (χ2v) is 3.63.